The van der Waals surface area contributed by atoms with E-state index in [4.69, 9.17) is 14.0 Å². The molecule has 2 atom stereocenters. The van der Waals surface area contributed by atoms with Gasteiger partial charge in [0.25, 0.3) is 0 Å². The molecule has 1 aromatic heterocycles. The molecule has 4 aliphatic rings. The number of hydrogen-bond donors (Lipinski definition) is 1. The molecule has 1 N–H and O–H groups in total. The molecule has 1 amide bonds. The molecule has 41 heavy (non-hydrogen) atoms. The normalized spacial score (nSPS) is 27.5. The quantitative estimate of drug-likeness (QED) is 0.452. The Hall–Kier alpha value is -3.20. The van der Waals surface area contributed by atoms with Gasteiger partial charge in [0.15, 0.2) is 0 Å². The number of pyridine rings is 1. The highest BCUT2D eigenvalue weighted by molar-refractivity contribution is 6.62. The van der Waals surface area contributed by atoms with E-state index in [1.807, 2.05) is 56.9 Å². The molecule has 2 aromatic carbocycles. The summed E-state index contributed by atoms with van der Waals surface area (Å²) >= 11 is 0. The Morgan fingerprint density at radius 1 is 0.927 bits per heavy atom. The van der Waals surface area contributed by atoms with Gasteiger partial charge in [0.05, 0.1) is 16.9 Å². The maximum Gasteiger partial charge on any atom is 0.496 e. The average Bonchev–Trinajstić information content (AvgIpc) is 3.51. The van der Waals surface area contributed by atoms with Crippen molar-refractivity contribution >= 4 is 18.7 Å². The first-order valence-corrected chi connectivity index (χ1v) is 14.7. The van der Waals surface area contributed by atoms with Gasteiger partial charge in [0, 0.05) is 42.5 Å². The van der Waals surface area contributed by atoms with E-state index in [1.165, 1.54) is 22.3 Å². The summed E-state index contributed by atoms with van der Waals surface area (Å²) in [4.78, 5) is 20.0. The summed E-state index contributed by atoms with van der Waals surface area (Å²) in [5.41, 5.74) is 4.32. The Balaban J connectivity index is 1.03. The number of carbonyl (C=O) groups is 1. The van der Waals surface area contributed by atoms with Crippen molar-refractivity contribution in [2.24, 2.45) is 0 Å². The van der Waals surface area contributed by atoms with Crippen LogP contribution in [0.25, 0.3) is 11.1 Å². The average molecular weight is 552 g/mol. The summed E-state index contributed by atoms with van der Waals surface area (Å²) in [7, 11) is -0.497. The Morgan fingerprint density at radius 3 is 2.02 bits per heavy atom. The zero-order valence-corrected chi connectivity index (χ0v) is 24.2. The molecule has 7 rings (SSSR count). The molecule has 8 heteroatoms. The van der Waals surface area contributed by atoms with Crippen molar-refractivity contribution in [2.45, 2.75) is 88.2 Å². The molecule has 3 saturated heterocycles. The van der Waals surface area contributed by atoms with Gasteiger partial charge in [-0.2, -0.15) is 0 Å². The van der Waals surface area contributed by atoms with Gasteiger partial charge in [-0.05, 0) is 68.9 Å². The molecule has 0 radical (unpaired) electrons. The number of fused-ring (bicyclic) bond motifs is 5. The lowest BCUT2D eigenvalue weighted by atomic mass is 9.78. The molecule has 2 unspecified atom stereocenters. The molecule has 4 heterocycles. The van der Waals surface area contributed by atoms with E-state index in [1.54, 1.807) is 6.20 Å². The number of carbonyl (C=O) groups excluding carboxylic acids is 1. The lowest BCUT2D eigenvalue weighted by molar-refractivity contribution is -0.0558. The van der Waals surface area contributed by atoms with Crippen molar-refractivity contribution in [3.8, 4) is 11.1 Å². The fraction of sp³-hybridized carbons (Fsp3) is 0.455. The van der Waals surface area contributed by atoms with Gasteiger partial charge >= 0.3 is 13.2 Å². The molecule has 2 bridgehead atoms. The summed E-state index contributed by atoms with van der Waals surface area (Å²) < 4.78 is 18.3. The van der Waals surface area contributed by atoms with Crippen LogP contribution in [0.3, 0.4) is 0 Å². The fourth-order valence-corrected chi connectivity index (χ4v) is 7.20. The van der Waals surface area contributed by atoms with Crippen LogP contribution >= 0.6 is 0 Å². The van der Waals surface area contributed by atoms with Gasteiger partial charge < -0.3 is 24.1 Å². The summed E-state index contributed by atoms with van der Waals surface area (Å²) in [5.74, 6) is 0.0254. The second-order valence-corrected chi connectivity index (χ2v) is 13.1. The van der Waals surface area contributed by atoms with Crippen molar-refractivity contribution in [2.75, 3.05) is 6.61 Å². The zero-order chi connectivity index (χ0) is 28.6. The number of ether oxygens (including phenoxy) is 1. The molecule has 3 aliphatic heterocycles. The first-order valence-electron chi connectivity index (χ1n) is 14.7. The Bertz CT molecular complexity index is 1410. The van der Waals surface area contributed by atoms with Gasteiger partial charge in [-0.3, -0.25) is 4.98 Å². The van der Waals surface area contributed by atoms with Gasteiger partial charge in [0.2, 0.25) is 0 Å². The maximum absolute atomic E-state index is 13.5. The van der Waals surface area contributed by atoms with Crippen molar-refractivity contribution in [3.05, 3.63) is 83.7 Å². The van der Waals surface area contributed by atoms with Crippen LogP contribution in [0.1, 0.15) is 76.1 Å². The Morgan fingerprint density at radius 2 is 1.49 bits per heavy atom. The van der Waals surface area contributed by atoms with E-state index in [2.05, 4.69) is 41.4 Å². The summed E-state index contributed by atoms with van der Waals surface area (Å²) in [6, 6.07) is 20.4. The van der Waals surface area contributed by atoms with Crippen LogP contribution in [0.15, 0.2) is 66.9 Å². The molecule has 0 saturated carbocycles. The van der Waals surface area contributed by atoms with Crippen LogP contribution in [-0.2, 0) is 19.6 Å². The van der Waals surface area contributed by atoms with Crippen molar-refractivity contribution in [3.63, 3.8) is 0 Å². The van der Waals surface area contributed by atoms with Crippen molar-refractivity contribution < 1.29 is 23.9 Å². The minimum absolute atomic E-state index is 0.0254. The van der Waals surface area contributed by atoms with Crippen molar-refractivity contribution in [1.29, 1.82) is 0 Å². The van der Waals surface area contributed by atoms with Crippen LogP contribution in [0.2, 0.25) is 0 Å². The third kappa shape index (κ3) is 4.30. The molecule has 1 aliphatic carbocycles. The zero-order valence-electron chi connectivity index (χ0n) is 24.2. The predicted octanol–water partition coefficient (Wildman–Crippen LogP) is 5.14. The standard InChI is InChI=1S/C33H37BN2O5/c1-31(2)32(3,4)41-34(40-31)21-13-16-29(35-19-21)33(38)17-22-14-15-23(18-33)36(22)30(37)39-20-28-26-11-7-5-9-24(26)25-10-6-8-12-27(25)28/h5-13,16,19,22-23,28,38H,14-15,17-18,20H2,1-4H3. The number of aliphatic hydroxyl groups is 1. The summed E-state index contributed by atoms with van der Waals surface area (Å²) in [6.45, 7) is 8.40. The number of amides is 1. The lowest BCUT2D eigenvalue weighted by Crippen LogP contribution is -2.52. The highest BCUT2D eigenvalue weighted by Crippen LogP contribution is 2.47. The number of nitrogens with zero attached hydrogens (tertiary/aromatic N) is 2. The highest BCUT2D eigenvalue weighted by Gasteiger charge is 2.53. The Kier molecular flexibility index (Phi) is 6.13. The number of aromatic nitrogens is 1. The first kappa shape index (κ1) is 26.7. The molecular weight excluding hydrogens is 515 g/mol. The molecule has 3 fully saturated rings. The van der Waals surface area contributed by atoms with E-state index < -0.39 is 23.9 Å². The number of rotatable bonds is 4. The minimum atomic E-state index is -1.10. The Labute approximate surface area is 242 Å². The summed E-state index contributed by atoms with van der Waals surface area (Å²) in [6.07, 6.45) is 4.04. The van der Waals surface area contributed by atoms with Crippen LogP contribution in [0, 0.1) is 0 Å². The van der Waals surface area contributed by atoms with E-state index >= 15 is 0 Å². The van der Waals surface area contributed by atoms with Crippen LogP contribution in [0.4, 0.5) is 4.79 Å². The largest absolute Gasteiger partial charge is 0.496 e. The van der Waals surface area contributed by atoms with E-state index in [9.17, 15) is 9.90 Å². The topological polar surface area (TPSA) is 81.1 Å². The number of piperidine rings is 1. The van der Waals surface area contributed by atoms with Gasteiger partial charge in [-0.15, -0.1) is 0 Å². The van der Waals surface area contributed by atoms with E-state index in [0.29, 0.717) is 25.1 Å². The van der Waals surface area contributed by atoms with Gasteiger partial charge in [-0.1, -0.05) is 54.6 Å². The minimum Gasteiger partial charge on any atom is -0.448 e. The summed E-state index contributed by atoms with van der Waals surface area (Å²) in [5, 5.41) is 11.8. The SMILES string of the molecule is CC1(C)OB(c2ccc(C3(O)CC4CCC(C3)N4C(=O)OCC3c4ccccc4-c4ccccc43)nc2)OC1(C)C. The molecule has 7 nitrogen and oxygen atoms in total. The molecular formula is C33H37BN2O5. The third-order valence-electron chi connectivity index (χ3n) is 10.1. The maximum atomic E-state index is 13.5. The van der Waals surface area contributed by atoms with Crippen LogP contribution < -0.4 is 5.46 Å². The van der Waals surface area contributed by atoms with Crippen LogP contribution in [0.5, 0.6) is 0 Å². The second kappa shape index (κ2) is 9.41. The lowest BCUT2D eigenvalue weighted by Gasteiger charge is -2.43. The molecule has 0 spiro atoms. The predicted molar refractivity (Wildman–Crippen MR) is 157 cm³/mol. The van der Waals surface area contributed by atoms with E-state index in [-0.39, 0.29) is 24.1 Å². The van der Waals surface area contributed by atoms with Crippen molar-refractivity contribution in [1.82, 2.24) is 9.88 Å². The smallest absolute Gasteiger partial charge is 0.448 e. The number of benzene rings is 2. The monoisotopic (exact) mass is 552 g/mol. The van der Waals surface area contributed by atoms with Crippen LogP contribution in [-0.4, -0.2) is 58.1 Å². The second-order valence-electron chi connectivity index (χ2n) is 13.1. The van der Waals surface area contributed by atoms with Gasteiger partial charge in [-0.25, -0.2) is 4.79 Å². The highest BCUT2D eigenvalue weighted by atomic mass is 16.7. The van der Waals surface area contributed by atoms with Gasteiger partial charge in [0.1, 0.15) is 12.2 Å². The number of hydrogen-bond acceptors (Lipinski definition) is 6. The fourth-order valence-electron chi connectivity index (χ4n) is 7.20. The molecule has 3 aromatic rings. The third-order valence-corrected chi connectivity index (χ3v) is 10.1. The van der Waals surface area contributed by atoms with E-state index in [0.717, 1.165) is 18.3 Å². The molecule has 212 valence electrons. The first-order chi connectivity index (χ1) is 19.6.